The third-order valence-corrected chi connectivity index (χ3v) is 3.38. The summed E-state index contributed by atoms with van der Waals surface area (Å²) in [6.45, 7) is 0.0615. The Kier molecular flexibility index (Phi) is 16.1. The van der Waals surface area contributed by atoms with Crippen LogP contribution in [0.4, 0.5) is 0 Å². The number of unbranched alkanes of at least 4 members (excludes halogenated alkanes) is 8. The third-order valence-electron chi connectivity index (χ3n) is 3.38. The second-order valence-corrected chi connectivity index (χ2v) is 5.43. The van der Waals surface area contributed by atoms with Crippen molar-refractivity contribution in [2.75, 3.05) is 6.61 Å². The molecular weight excluding hydrogens is 264 g/mol. The number of hydrogen-bond acceptors (Lipinski definition) is 1. The van der Waals surface area contributed by atoms with E-state index in [-0.39, 0.29) is 6.61 Å². The number of carbonyl (C=O) groups is 1. The Bertz CT molecular complexity index is 282. The lowest BCUT2D eigenvalue weighted by molar-refractivity contribution is -0.137. The first-order valence-corrected chi connectivity index (χ1v) is 8.37. The molecule has 0 aromatic heterocycles. The number of allylic oxidation sites excluding steroid dienone is 4. The summed E-state index contributed by atoms with van der Waals surface area (Å²) in [6.07, 6.45) is 20.7. The number of carboxylic acid groups (broad SMARTS) is 1. The van der Waals surface area contributed by atoms with Crippen LogP contribution in [0.1, 0.15) is 77.0 Å². The van der Waals surface area contributed by atoms with E-state index in [0.29, 0.717) is 6.42 Å². The smallest absolute Gasteiger partial charge is 0.303 e. The van der Waals surface area contributed by atoms with Crippen molar-refractivity contribution in [1.82, 2.24) is 0 Å². The zero-order valence-electron chi connectivity index (χ0n) is 13.3. The zero-order chi connectivity index (χ0) is 15.6. The van der Waals surface area contributed by atoms with Gasteiger partial charge >= 0.3 is 5.97 Å². The van der Waals surface area contributed by atoms with Crippen molar-refractivity contribution < 1.29 is 15.0 Å². The van der Waals surface area contributed by atoms with E-state index in [0.717, 1.165) is 57.8 Å². The highest BCUT2D eigenvalue weighted by molar-refractivity contribution is 5.66. The van der Waals surface area contributed by atoms with Crippen LogP contribution in [0.2, 0.25) is 0 Å². The van der Waals surface area contributed by atoms with Crippen LogP contribution in [-0.2, 0) is 9.90 Å². The molecule has 3 heteroatoms. The van der Waals surface area contributed by atoms with Crippen LogP contribution >= 0.6 is 0 Å². The summed E-state index contributed by atoms with van der Waals surface area (Å²) in [6, 6.07) is 0. The van der Waals surface area contributed by atoms with E-state index in [1.807, 2.05) is 0 Å². The quantitative estimate of drug-likeness (QED) is 0.329. The molecule has 0 atom stereocenters. The molecule has 0 aromatic carbocycles. The van der Waals surface area contributed by atoms with Gasteiger partial charge in [-0.15, -0.1) is 0 Å². The van der Waals surface area contributed by atoms with Crippen molar-refractivity contribution in [2.24, 2.45) is 0 Å². The summed E-state index contributed by atoms with van der Waals surface area (Å²) in [4.78, 5) is 10.3. The average molecular weight is 295 g/mol. The second kappa shape index (κ2) is 17.0. The molecule has 1 radical (unpaired) electrons. The predicted molar refractivity (Wildman–Crippen MR) is 86.9 cm³/mol. The third kappa shape index (κ3) is 18.9. The highest BCUT2D eigenvalue weighted by atomic mass is 16.4. The lowest BCUT2D eigenvalue weighted by atomic mass is 10.1. The van der Waals surface area contributed by atoms with E-state index in [9.17, 15) is 9.90 Å². The van der Waals surface area contributed by atoms with E-state index in [4.69, 9.17) is 5.11 Å². The zero-order valence-corrected chi connectivity index (χ0v) is 13.3. The Hall–Kier alpha value is -1.09. The Morgan fingerprint density at radius 3 is 1.81 bits per heavy atom. The minimum absolute atomic E-state index is 0.0615. The summed E-state index contributed by atoms with van der Waals surface area (Å²) in [5.41, 5.74) is 0. The summed E-state index contributed by atoms with van der Waals surface area (Å²) in [7, 11) is 0. The number of hydrogen-bond donors (Lipinski definition) is 1. The maximum Gasteiger partial charge on any atom is 0.303 e. The summed E-state index contributed by atoms with van der Waals surface area (Å²) in [5.74, 6) is -0.684. The van der Waals surface area contributed by atoms with Crippen LogP contribution in [0, 0.1) is 0 Å². The van der Waals surface area contributed by atoms with Crippen molar-refractivity contribution in [3.8, 4) is 0 Å². The fourth-order valence-electron chi connectivity index (χ4n) is 2.12. The monoisotopic (exact) mass is 295 g/mol. The summed E-state index contributed by atoms with van der Waals surface area (Å²) >= 11 is 0. The Labute approximate surface area is 129 Å². The molecule has 3 nitrogen and oxygen atoms in total. The van der Waals surface area contributed by atoms with Gasteiger partial charge in [-0.2, -0.15) is 0 Å². The highest BCUT2D eigenvalue weighted by Gasteiger charge is 1.95. The van der Waals surface area contributed by atoms with Gasteiger partial charge < -0.3 is 5.11 Å². The first-order valence-electron chi connectivity index (χ1n) is 8.37. The minimum atomic E-state index is -0.684. The number of carboxylic acids is 1. The average Bonchev–Trinajstić information content (AvgIpc) is 2.46. The Morgan fingerprint density at radius 2 is 1.24 bits per heavy atom. The van der Waals surface area contributed by atoms with Gasteiger partial charge in [0.05, 0.1) is 6.61 Å². The molecule has 0 saturated carbocycles. The molecule has 0 unspecified atom stereocenters. The normalized spacial score (nSPS) is 11.7. The lowest BCUT2D eigenvalue weighted by Gasteiger charge is -1.98. The molecular formula is C18H31O3. The van der Waals surface area contributed by atoms with E-state index in [2.05, 4.69) is 24.3 Å². The molecule has 21 heavy (non-hydrogen) atoms. The van der Waals surface area contributed by atoms with Crippen LogP contribution in [0.5, 0.6) is 0 Å². The first kappa shape index (κ1) is 19.9. The van der Waals surface area contributed by atoms with Gasteiger partial charge in [-0.1, -0.05) is 50.0 Å². The van der Waals surface area contributed by atoms with Gasteiger partial charge in [0.1, 0.15) is 0 Å². The highest BCUT2D eigenvalue weighted by Crippen LogP contribution is 2.08. The largest absolute Gasteiger partial charge is 0.481 e. The molecule has 1 N–H and O–H groups in total. The Morgan fingerprint density at radius 1 is 0.714 bits per heavy atom. The lowest BCUT2D eigenvalue weighted by Crippen LogP contribution is -1.93. The van der Waals surface area contributed by atoms with Crippen molar-refractivity contribution >= 4 is 5.97 Å². The molecule has 0 saturated heterocycles. The molecule has 0 heterocycles. The van der Waals surface area contributed by atoms with Crippen LogP contribution < -0.4 is 0 Å². The van der Waals surface area contributed by atoms with E-state index < -0.39 is 5.97 Å². The molecule has 0 bridgehead atoms. The van der Waals surface area contributed by atoms with Gasteiger partial charge in [0.2, 0.25) is 0 Å². The molecule has 0 aliphatic heterocycles. The standard InChI is InChI=1S/C18H31O3/c19-17-15-13-11-9-7-5-3-1-2-4-6-8-10-12-14-16-18(20)21/h1-2,5,7H,3-4,6,8-17H2,(H,20,21)/b2-1-,7-5-. The number of aliphatic carboxylic acids is 1. The molecule has 0 aliphatic carbocycles. The van der Waals surface area contributed by atoms with Crippen molar-refractivity contribution in [3.05, 3.63) is 24.3 Å². The van der Waals surface area contributed by atoms with Gasteiger partial charge in [-0.05, 0) is 44.9 Å². The molecule has 121 valence electrons. The Balaban J connectivity index is 3.18. The second-order valence-electron chi connectivity index (χ2n) is 5.43. The van der Waals surface area contributed by atoms with Gasteiger partial charge in [0.25, 0.3) is 0 Å². The minimum Gasteiger partial charge on any atom is -0.481 e. The summed E-state index contributed by atoms with van der Waals surface area (Å²) in [5, 5.41) is 18.7. The fourth-order valence-corrected chi connectivity index (χ4v) is 2.12. The van der Waals surface area contributed by atoms with Crippen molar-refractivity contribution in [3.63, 3.8) is 0 Å². The van der Waals surface area contributed by atoms with Crippen LogP contribution in [0.3, 0.4) is 0 Å². The van der Waals surface area contributed by atoms with Crippen LogP contribution in [0.15, 0.2) is 24.3 Å². The van der Waals surface area contributed by atoms with Crippen molar-refractivity contribution in [2.45, 2.75) is 77.0 Å². The van der Waals surface area contributed by atoms with Gasteiger partial charge in [0.15, 0.2) is 0 Å². The molecule has 0 aromatic rings. The molecule has 0 amide bonds. The topological polar surface area (TPSA) is 57.2 Å². The maximum atomic E-state index is 10.3. The molecule has 0 aliphatic rings. The number of rotatable bonds is 15. The molecule has 0 spiro atoms. The van der Waals surface area contributed by atoms with Gasteiger partial charge in [-0.3, -0.25) is 4.79 Å². The molecule has 0 rings (SSSR count). The first-order chi connectivity index (χ1) is 10.3. The van der Waals surface area contributed by atoms with Crippen LogP contribution in [0.25, 0.3) is 0 Å². The summed E-state index contributed by atoms with van der Waals surface area (Å²) < 4.78 is 0. The van der Waals surface area contributed by atoms with E-state index in [1.165, 1.54) is 12.8 Å². The SMILES string of the molecule is [O]CCCCC/C=C\C/C=C\CCCCCCCC(=O)O. The van der Waals surface area contributed by atoms with E-state index in [1.54, 1.807) is 0 Å². The van der Waals surface area contributed by atoms with Crippen molar-refractivity contribution in [1.29, 1.82) is 0 Å². The molecule has 0 fully saturated rings. The fraction of sp³-hybridized carbons (Fsp3) is 0.722. The van der Waals surface area contributed by atoms with Gasteiger partial charge in [-0.25, -0.2) is 5.11 Å². The van der Waals surface area contributed by atoms with Crippen LogP contribution in [-0.4, -0.2) is 17.7 Å². The van der Waals surface area contributed by atoms with E-state index >= 15 is 0 Å². The maximum absolute atomic E-state index is 10.3. The predicted octanol–water partition coefficient (Wildman–Crippen LogP) is 5.30. The van der Waals surface area contributed by atoms with Gasteiger partial charge in [0, 0.05) is 6.42 Å².